The first-order valence-corrected chi connectivity index (χ1v) is 12.3. The highest BCUT2D eigenvalue weighted by Crippen LogP contribution is 2.13. The van der Waals surface area contributed by atoms with Crippen LogP contribution in [0.2, 0.25) is 0 Å². The van der Waals surface area contributed by atoms with Crippen molar-refractivity contribution in [1.29, 1.82) is 0 Å². The number of piperazine rings is 1. The molecular formula is C27H29IN4O. The van der Waals surface area contributed by atoms with Crippen molar-refractivity contribution < 1.29 is 4.79 Å². The zero-order valence-electron chi connectivity index (χ0n) is 18.9. The Morgan fingerprint density at radius 2 is 1.30 bits per heavy atom. The summed E-state index contributed by atoms with van der Waals surface area (Å²) in [6.07, 6.45) is 0. The highest BCUT2D eigenvalue weighted by atomic mass is 127. The first kappa shape index (κ1) is 23.6. The standard InChI is InChI=1S/C27H29IN4O/c1-21(24-11-13-26(28)14-12-24)29-30-27(33)25-9-7-23(8-10-25)20-32-17-15-31(16-18-32)19-22-5-3-2-4-6-22/h2-14H,15-20H2,1H3,(H,30,33)/b29-21-. The van der Waals surface area contributed by atoms with Crippen molar-refractivity contribution in [1.82, 2.24) is 15.2 Å². The Bertz CT molecular complexity index is 1070. The predicted octanol–water partition coefficient (Wildman–Crippen LogP) is 4.76. The molecule has 4 rings (SSSR count). The Kier molecular flexibility index (Phi) is 8.25. The fourth-order valence-corrected chi connectivity index (χ4v) is 4.28. The molecule has 1 N–H and O–H groups in total. The van der Waals surface area contributed by atoms with Crippen molar-refractivity contribution >= 4 is 34.2 Å². The lowest BCUT2D eigenvalue weighted by atomic mass is 10.1. The molecule has 1 heterocycles. The fourth-order valence-electron chi connectivity index (χ4n) is 3.92. The number of nitrogens with zero attached hydrogens (tertiary/aromatic N) is 3. The van der Waals surface area contributed by atoms with Gasteiger partial charge in [0.05, 0.1) is 5.71 Å². The lowest BCUT2D eigenvalue weighted by Crippen LogP contribution is -2.45. The maximum absolute atomic E-state index is 12.5. The van der Waals surface area contributed by atoms with Crippen LogP contribution in [0, 0.1) is 3.57 Å². The van der Waals surface area contributed by atoms with E-state index in [0.717, 1.165) is 50.5 Å². The van der Waals surface area contributed by atoms with Gasteiger partial charge < -0.3 is 0 Å². The van der Waals surface area contributed by atoms with E-state index < -0.39 is 0 Å². The van der Waals surface area contributed by atoms with Crippen LogP contribution in [0.1, 0.15) is 34.0 Å². The van der Waals surface area contributed by atoms with Crippen LogP contribution in [-0.4, -0.2) is 47.6 Å². The molecule has 0 spiro atoms. The Morgan fingerprint density at radius 1 is 0.788 bits per heavy atom. The molecule has 3 aromatic rings. The molecule has 6 heteroatoms. The maximum atomic E-state index is 12.5. The fraction of sp³-hybridized carbons (Fsp3) is 0.259. The number of benzene rings is 3. The van der Waals surface area contributed by atoms with Crippen LogP contribution in [-0.2, 0) is 13.1 Å². The Hall–Kier alpha value is -2.55. The number of hydrogen-bond donors (Lipinski definition) is 1. The minimum Gasteiger partial charge on any atom is -0.297 e. The van der Waals surface area contributed by atoms with Crippen LogP contribution in [0.3, 0.4) is 0 Å². The first-order valence-electron chi connectivity index (χ1n) is 11.2. The molecule has 0 atom stereocenters. The summed E-state index contributed by atoms with van der Waals surface area (Å²) in [5.74, 6) is -0.194. The van der Waals surface area contributed by atoms with Gasteiger partial charge in [-0.15, -0.1) is 0 Å². The highest BCUT2D eigenvalue weighted by Gasteiger charge is 2.17. The van der Waals surface area contributed by atoms with Gasteiger partial charge >= 0.3 is 0 Å². The molecule has 33 heavy (non-hydrogen) atoms. The number of carbonyl (C=O) groups excluding carboxylic acids is 1. The summed E-state index contributed by atoms with van der Waals surface area (Å²) in [7, 11) is 0. The van der Waals surface area contributed by atoms with E-state index in [1.807, 2.05) is 55.5 Å². The normalized spacial score (nSPS) is 15.4. The second-order valence-corrected chi connectivity index (χ2v) is 9.63. The number of carbonyl (C=O) groups is 1. The van der Waals surface area contributed by atoms with Gasteiger partial charge in [-0.1, -0.05) is 54.6 Å². The van der Waals surface area contributed by atoms with Crippen LogP contribution in [0.15, 0.2) is 84.0 Å². The molecule has 0 radical (unpaired) electrons. The van der Waals surface area contributed by atoms with E-state index in [2.05, 4.69) is 73.2 Å². The van der Waals surface area contributed by atoms with Gasteiger partial charge in [0.15, 0.2) is 0 Å². The number of amides is 1. The van der Waals surface area contributed by atoms with Crippen LogP contribution < -0.4 is 5.43 Å². The third kappa shape index (κ3) is 6.96. The quantitative estimate of drug-likeness (QED) is 0.261. The van der Waals surface area contributed by atoms with E-state index in [-0.39, 0.29) is 5.91 Å². The van der Waals surface area contributed by atoms with Gasteiger partial charge in [0.2, 0.25) is 0 Å². The lowest BCUT2D eigenvalue weighted by Gasteiger charge is -2.34. The smallest absolute Gasteiger partial charge is 0.271 e. The molecule has 1 saturated heterocycles. The highest BCUT2D eigenvalue weighted by molar-refractivity contribution is 14.1. The molecule has 1 aliphatic heterocycles. The zero-order valence-corrected chi connectivity index (χ0v) is 21.0. The van der Waals surface area contributed by atoms with Crippen LogP contribution in [0.25, 0.3) is 0 Å². The lowest BCUT2D eigenvalue weighted by molar-refractivity contribution is 0.0954. The predicted molar refractivity (Wildman–Crippen MR) is 142 cm³/mol. The molecule has 3 aromatic carbocycles. The Labute approximate surface area is 209 Å². The second kappa shape index (κ2) is 11.5. The summed E-state index contributed by atoms with van der Waals surface area (Å²) < 4.78 is 1.17. The molecule has 1 aliphatic rings. The zero-order chi connectivity index (χ0) is 23.0. The molecule has 5 nitrogen and oxygen atoms in total. The number of hydrazone groups is 1. The van der Waals surface area contributed by atoms with Crippen molar-refractivity contribution in [3.8, 4) is 0 Å². The monoisotopic (exact) mass is 552 g/mol. The number of halogens is 1. The summed E-state index contributed by atoms with van der Waals surface area (Å²) in [6.45, 7) is 8.09. The van der Waals surface area contributed by atoms with Gasteiger partial charge in [0.1, 0.15) is 0 Å². The SMILES string of the molecule is C/C(=N/NC(=O)c1ccc(CN2CCN(Cc3ccccc3)CC2)cc1)c1ccc(I)cc1. The van der Waals surface area contributed by atoms with Gasteiger partial charge in [0, 0.05) is 48.4 Å². The van der Waals surface area contributed by atoms with Gasteiger partial charge in [-0.2, -0.15) is 5.10 Å². The number of nitrogens with one attached hydrogen (secondary N) is 1. The van der Waals surface area contributed by atoms with Crippen LogP contribution in [0.5, 0.6) is 0 Å². The molecule has 0 bridgehead atoms. The maximum Gasteiger partial charge on any atom is 0.271 e. The van der Waals surface area contributed by atoms with Crippen molar-refractivity contribution in [3.63, 3.8) is 0 Å². The number of hydrogen-bond acceptors (Lipinski definition) is 4. The molecule has 1 amide bonds. The average Bonchev–Trinajstić information content (AvgIpc) is 2.85. The van der Waals surface area contributed by atoms with Crippen molar-refractivity contribution in [2.75, 3.05) is 26.2 Å². The van der Waals surface area contributed by atoms with E-state index in [1.54, 1.807) is 0 Å². The Morgan fingerprint density at radius 3 is 1.88 bits per heavy atom. The first-order chi connectivity index (χ1) is 16.1. The molecular weight excluding hydrogens is 523 g/mol. The van der Waals surface area contributed by atoms with Crippen molar-refractivity contribution in [3.05, 3.63) is 105 Å². The molecule has 0 aliphatic carbocycles. The van der Waals surface area contributed by atoms with Crippen molar-refractivity contribution in [2.45, 2.75) is 20.0 Å². The third-order valence-electron chi connectivity index (χ3n) is 5.92. The molecule has 170 valence electrons. The van der Waals surface area contributed by atoms with Crippen LogP contribution >= 0.6 is 22.6 Å². The van der Waals surface area contributed by atoms with Gasteiger partial charge in [0.25, 0.3) is 5.91 Å². The summed E-state index contributed by atoms with van der Waals surface area (Å²) in [5.41, 5.74) is 7.66. The molecule has 1 fully saturated rings. The number of rotatable bonds is 7. The second-order valence-electron chi connectivity index (χ2n) is 8.38. The molecule has 0 unspecified atom stereocenters. The van der Waals surface area contributed by atoms with E-state index in [0.29, 0.717) is 5.56 Å². The van der Waals surface area contributed by atoms with E-state index >= 15 is 0 Å². The van der Waals surface area contributed by atoms with E-state index in [9.17, 15) is 4.79 Å². The van der Waals surface area contributed by atoms with E-state index in [4.69, 9.17) is 0 Å². The summed E-state index contributed by atoms with van der Waals surface area (Å²) in [4.78, 5) is 17.5. The average molecular weight is 552 g/mol. The Balaban J connectivity index is 1.25. The third-order valence-corrected chi connectivity index (χ3v) is 6.64. The van der Waals surface area contributed by atoms with Gasteiger partial charge in [-0.05, 0) is 70.5 Å². The molecule has 0 aromatic heterocycles. The van der Waals surface area contributed by atoms with Crippen LogP contribution in [0.4, 0.5) is 0 Å². The van der Waals surface area contributed by atoms with Gasteiger partial charge in [-0.25, -0.2) is 5.43 Å². The van der Waals surface area contributed by atoms with E-state index in [1.165, 1.54) is 14.7 Å². The van der Waals surface area contributed by atoms with Crippen molar-refractivity contribution in [2.24, 2.45) is 5.10 Å². The minimum atomic E-state index is -0.194. The summed E-state index contributed by atoms with van der Waals surface area (Å²) >= 11 is 2.27. The van der Waals surface area contributed by atoms with Gasteiger partial charge in [-0.3, -0.25) is 14.6 Å². The molecule has 0 saturated carbocycles. The largest absolute Gasteiger partial charge is 0.297 e. The summed E-state index contributed by atoms with van der Waals surface area (Å²) in [5, 5.41) is 4.26. The summed E-state index contributed by atoms with van der Waals surface area (Å²) in [6, 6.07) is 26.6. The topological polar surface area (TPSA) is 47.9 Å². The minimum absolute atomic E-state index is 0.194.